The van der Waals surface area contributed by atoms with Crippen LogP contribution in [0, 0.1) is 11.1 Å². The number of nitrogens with one attached hydrogen (secondary N) is 2. The first kappa shape index (κ1) is 22.3. The molecular formula is C19H38N2O2. The Hall–Kier alpha value is -0.710. The molecule has 0 aromatic rings. The van der Waals surface area contributed by atoms with Crippen LogP contribution in [0.25, 0.3) is 0 Å². The Labute approximate surface area is 143 Å². The van der Waals surface area contributed by atoms with Gasteiger partial charge in [-0.25, -0.2) is 0 Å². The lowest BCUT2D eigenvalue weighted by atomic mass is 10.0. The summed E-state index contributed by atoms with van der Waals surface area (Å²) in [6.45, 7) is 8.67. The minimum Gasteiger partial charge on any atom is -0.608 e. The maximum Gasteiger partial charge on any atom is 0.132 e. The van der Waals surface area contributed by atoms with Crippen molar-refractivity contribution in [1.29, 1.82) is 0 Å². The predicted octanol–water partition coefficient (Wildman–Crippen LogP) is 3.92. The van der Waals surface area contributed by atoms with Crippen molar-refractivity contribution >= 4 is 5.78 Å². The number of hydrogen-bond acceptors (Lipinski definition) is 3. The number of unbranched alkanes of at least 4 members (excludes halogenated alkanes) is 7. The van der Waals surface area contributed by atoms with Crippen molar-refractivity contribution in [3.8, 4) is 0 Å². The van der Waals surface area contributed by atoms with Crippen LogP contribution in [0.15, 0.2) is 12.8 Å². The van der Waals surface area contributed by atoms with E-state index in [0.717, 1.165) is 63.8 Å². The molecule has 0 aliphatic carbocycles. The molecule has 0 aromatic heterocycles. The van der Waals surface area contributed by atoms with Gasteiger partial charge in [-0.15, -0.1) is 0 Å². The molecule has 23 heavy (non-hydrogen) atoms. The van der Waals surface area contributed by atoms with Gasteiger partial charge < -0.3 is 5.21 Å². The van der Waals surface area contributed by atoms with E-state index in [-0.39, 0.29) is 5.17 Å². The van der Waals surface area contributed by atoms with E-state index in [1.54, 1.807) is 0 Å². The SMILES string of the molecule is C=C[NH+]([O-])NCCCCCCCC(=O)CCCCCCC(C)C. The van der Waals surface area contributed by atoms with Crippen LogP contribution in [0.2, 0.25) is 0 Å². The van der Waals surface area contributed by atoms with Gasteiger partial charge in [0.05, 0.1) is 0 Å². The van der Waals surface area contributed by atoms with E-state index < -0.39 is 0 Å². The van der Waals surface area contributed by atoms with Gasteiger partial charge in [-0.05, 0) is 31.8 Å². The Kier molecular flexibility index (Phi) is 15.7. The summed E-state index contributed by atoms with van der Waals surface area (Å²) < 4.78 is 0. The maximum absolute atomic E-state index is 11.8. The van der Waals surface area contributed by atoms with Crippen LogP contribution in [0.5, 0.6) is 0 Å². The van der Waals surface area contributed by atoms with E-state index in [2.05, 4.69) is 25.9 Å². The summed E-state index contributed by atoms with van der Waals surface area (Å²) in [5, 5.41) is 10.8. The van der Waals surface area contributed by atoms with Gasteiger partial charge >= 0.3 is 0 Å². The molecule has 0 amide bonds. The zero-order valence-electron chi connectivity index (χ0n) is 15.4. The molecule has 0 saturated carbocycles. The highest BCUT2D eigenvalue weighted by Gasteiger charge is 2.02. The molecule has 0 heterocycles. The number of hydrogen-bond donors (Lipinski definition) is 2. The number of quaternary nitrogens is 1. The Morgan fingerprint density at radius 1 is 1.00 bits per heavy atom. The van der Waals surface area contributed by atoms with Crippen LogP contribution in [-0.2, 0) is 4.79 Å². The van der Waals surface area contributed by atoms with Gasteiger partial charge in [0, 0.05) is 19.4 Å². The molecule has 2 N–H and O–H groups in total. The fourth-order valence-corrected chi connectivity index (χ4v) is 2.61. The third kappa shape index (κ3) is 17.5. The van der Waals surface area contributed by atoms with Gasteiger partial charge in [0.2, 0.25) is 0 Å². The zero-order valence-corrected chi connectivity index (χ0v) is 15.4. The molecule has 4 nitrogen and oxygen atoms in total. The first-order chi connectivity index (χ1) is 11.1. The molecular weight excluding hydrogens is 288 g/mol. The quantitative estimate of drug-likeness (QED) is 0.314. The summed E-state index contributed by atoms with van der Waals surface area (Å²) >= 11 is 0. The molecule has 0 bridgehead atoms. The minimum atomic E-state index is -0.0974. The lowest BCUT2D eigenvalue weighted by Gasteiger charge is -2.16. The zero-order chi connectivity index (χ0) is 17.3. The van der Waals surface area contributed by atoms with Gasteiger partial charge in [0.25, 0.3) is 0 Å². The van der Waals surface area contributed by atoms with Crippen molar-refractivity contribution in [3.05, 3.63) is 18.0 Å². The molecule has 0 radical (unpaired) electrons. The first-order valence-electron chi connectivity index (χ1n) is 9.48. The summed E-state index contributed by atoms with van der Waals surface area (Å²) in [5.41, 5.74) is 2.77. The topological polar surface area (TPSA) is 56.6 Å². The first-order valence-corrected chi connectivity index (χ1v) is 9.48. The number of ketones is 1. The van der Waals surface area contributed by atoms with Crippen LogP contribution in [0.4, 0.5) is 0 Å². The van der Waals surface area contributed by atoms with E-state index in [0.29, 0.717) is 5.78 Å². The van der Waals surface area contributed by atoms with E-state index in [9.17, 15) is 10.0 Å². The minimum absolute atomic E-state index is 0.0974. The highest BCUT2D eigenvalue weighted by Crippen LogP contribution is 2.12. The second-order valence-corrected chi connectivity index (χ2v) is 6.90. The summed E-state index contributed by atoms with van der Waals surface area (Å²) in [6, 6.07) is 0. The summed E-state index contributed by atoms with van der Waals surface area (Å²) in [5.74, 6) is 1.24. The van der Waals surface area contributed by atoms with Crippen molar-refractivity contribution in [2.75, 3.05) is 6.54 Å². The largest absolute Gasteiger partial charge is 0.608 e. The second-order valence-electron chi connectivity index (χ2n) is 6.90. The van der Waals surface area contributed by atoms with E-state index in [1.165, 1.54) is 31.9 Å². The highest BCUT2D eigenvalue weighted by atomic mass is 16.5. The van der Waals surface area contributed by atoms with E-state index >= 15 is 0 Å². The monoisotopic (exact) mass is 326 g/mol. The summed E-state index contributed by atoms with van der Waals surface area (Å²) in [7, 11) is 0. The van der Waals surface area contributed by atoms with Crippen LogP contribution in [-0.4, -0.2) is 12.3 Å². The van der Waals surface area contributed by atoms with Crippen LogP contribution in [0.1, 0.15) is 90.9 Å². The van der Waals surface area contributed by atoms with Crippen molar-refractivity contribution in [2.24, 2.45) is 5.92 Å². The van der Waals surface area contributed by atoms with Crippen LogP contribution >= 0.6 is 0 Å². The van der Waals surface area contributed by atoms with Crippen LogP contribution in [0.3, 0.4) is 0 Å². The lowest BCUT2D eigenvalue weighted by molar-refractivity contribution is -0.842. The molecule has 0 aliphatic rings. The van der Waals surface area contributed by atoms with Gasteiger partial charge in [0.1, 0.15) is 12.0 Å². The predicted molar refractivity (Wildman–Crippen MR) is 97.8 cm³/mol. The fourth-order valence-electron chi connectivity index (χ4n) is 2.61. The molecule has 0 aliphatic heterocycles. The smallest absolute Gasteiger partial charge is 0.132 e. The average molecular weight is 327 g/mol. The molecule has 136 valence electrons. The molecule has 0 aromatic carbocycles. The van der Waals surface area contributed by atoms with E-state index in [1.807, 2.05) is 0 Å². The van der Waals surface area contributed by atoms with Crippen molar-refractivity contribution in [1.82, 2.24) is 5.43 Å². The summed E-state index contributed by atoms with van der Waals surface area (Å²) in [4.78, 5) is 11.8. The number of rotatable bonds is 17. The lowest BCUT2D eigenvalue weighted by Crippen LogP contribution is -3.09. The molecule has 1 atom stereocenters. The molecule has 0 spiro atoms. The maximum atomic E-state index is 11.8. The van der Waals surface area contributed by atoms with Crippen molar-refractivity contribution in [3.63, 3.8) is 0 Å². The Morgan fingerprint density at radius 3 is 2.09 bits per heavy atom. The Morgan fingerprint density at radius 2 is 1.52 bits per heavy atom. The van der Waals surface area contributed by atoms with E-state index in [4.69, 9.17) is 0 Å². The third-order valence-corrected chi connectivity index (χ3v) is 4.10. The Bertz CT molecular complexity index is 293. The normalized spacial score (nSPS) is 12.5. The van der Waals surface area contributed by atoms with Crippen molar-refractivity contribution < 1.29 is 9.97 Å². The molecule has 0 saturated heterocycles. The standard InChI is InChI=1S/C19H38N2O2/c1-4-21(23)20-17-13-9-5-6-11-15-19(22)16-12-8-7-10-14-18(2)3/h4,18,20-21H,1,5-17H2,2-3H3. The number of Topliss-reactive ketones (excluding diaryl/α,β-unsaturated/α-hetero) is 1. The summed E-state index contributed by atoms with van der Waals surface area (Å²) in [6.07, 6.45) is 14.4. The van der Waals surface area contributed by atoms with Crippen molar-refractivity contribution in [2.45, 2.75) is 90.9 Å². The van der Waals surface area contributed by atoms with Gasteiger partial charge in [0.15, 0.2) is 0 Å². The third-order valence-electron chi connectivity index (χ3n) is 4.10. The average Bonchev–Trinajstić information content (AvgIpc) is 2.52. The molecule has 4 heteroatoms. The number of carbonyl (C=O) groups is 1. The molecule has 0 rings (SSSR count). The Balaban J connectivity index is 3.23. The molecule has 1 unspecified atom stereocenters. The fraction of sp³-hybridized carbons (Fsp3) is 0.842. The second kappa shape index (κ2) is 16.2. The van der Waals surface area contributed by atoms with Gasteiger partial charge in [-0.2, -0.15) is 5.43 Å². The van der Waals surface area contributed by atoms with Gasteiger partial charge in [-0.1, -0.05) is 58.8 Å². The van der Waals surface area contributed by atoms with Crippen LogP contribution < -0.4 is 10.6 Å². The van der Waals surface area contributed by atoms with Gasteiger partial charge in [-0.3, -0.25) is 9.97 Å². The number of hydroxylamine groups is 1. The molecule has 0 fully saturated rings. The number of carbonyl (C=O) groups excluding carboxylic acids is 1. The highest BCUT2D eigenvalue weighted by molar-refractivity contribution is 5.78.